The first-order valence-corrected chi connectivity index (χ1v) is 9.53. The second kappa shape index (κ2) is 10.9. The Morgan fingerprint density at radius 2 is 1.97 bits per heavy atom. The average Bonchev–Trinajstić information content (AvgIpc) is 3.14. The number of aliphatic imine (C=N–C) groups is 1. The van der Waals surface area contributed by atoms with Gasteiger partial charge in [0.25, 0.3) is 0 Å². The molecule has 0 fully saturated rings. The fourth-order valence-electron chi connectivity index (χ4n) is 3.03. The molecular formula is C22H29IN6. The highest BCUT2D eigenvalue weighted by Gasteiger charge is 2.07. The quantitative estimate of drug-likeness (QED) is 0.303. The Morgan fingerprint density at radius 3 is 2.59 bits per heavy atom. The van der Waals surface area contributed by atoms with Crippen LogP contribution in [0.4, 0.5) is 0 Å². The van der Waals surface area contributed by atoms with Crippen LogP contribution in [-0.2, 0) is 6.54 Å². The minimum Gasteiger partial charge on any atom is -0.356 e. The summed E-state index contributed by atoms with van der Waals surface area (Å²) in [6.45, 7) is 7.78. The van der Waals surface area contributed by atoms with Gasteiger partial charge < -0.3 is 10.6 Å². The summed E-state index contributed by atoms with van der Waals surface area (Å²) in [4.78, 5) is 13.1. The van der Waals surface area contributed by atoms with E-state index in [4.69, 9.17) is 0 Å². The predicted octanol–water partition coefficient (Wildman–Crippen LogP) is 3.97. The number of halogens is 1. The third-order valence-corrected chi connectivity index (χ3v) is 4.75. The van der Waals surface area contributed by atoms with Crippen LogP contribution in [0.2, 0.25) is 0 Å². The summed E-state index contributed by atoms with van der Waals surface area (Å²) in [6, 6.07) is 12.7. The Balaban J connectivity index is 0.00000300. The van der Waals surface area contributed by atoms with Crippen molar-refractivity contribution in [3.8, 4) is 5.82 Å². The molecule has 154 valence electrons. The number of benzene rings is 1. The Labute approximate surface area is 189 Å². The number of guanidine groups is 1. The largest absolute Gasteiger partial charge is 0.356 e. The highest BCUT2D eigenvalue weighted by Crippen LogP contribution is 2.15. The maximum atomic E-state index is 4.53. The number of rotatable bonds is 6. The molecule has 0 aliphatic rings. The first kappa shape index (κ1) is 22.9. The van der Waals surface area contributed by atoms with Gasteiger partial charge in [-0.2, -0.15) is 0 Å². The van der Waals surface area contributed by atoms with Crippen molar-refractivity contribution in [3.63, 3.8) is 0 Å². The standard InChI is InChI=1S/C22H28N6.HI/c1-16-6-5-7-20(12-16)17(2)13-26-22(23-4)27-15-19-8-9-21(25-14-19)28-11-10-24-18(28)3;/h5-12,14,17H,13,15H2,1-4H3,(H2,23,26,27);1H. The molecule has 29 heavy (non-hydrogen) atoms. The van der Waals surface area contributed by atoms with Gasteiger partial charge in [-0.3, -0.25) is 9.56 Å². The van der Waals surface area contributed by atoms with Gasteiger partial charge >= 0.3 is 0 Å². The van der Waals surface area contributed by atoms with Gasteiger partial charge in [0.05, 0.1) is 0 Å². The van der Waals surface area contributed by atoms with E-state index in [9.17, 15) is 0 Å². The molecule has 0 aliphatic heterocycles. The van der Waals surface area contributed by atoms with E-state index >= 15 is 0 Å². The number of nitrogens with zero attached hydrogens (tertiary/aromatic N) is 4. The first-order chi connectivity index (χ1) is 13.6. The van der Waals surface area contributed by atoms with Crippen LogP contribution in [0.3, 0.4) is 0 Å². The van der Waals surface area contributed by atoms with Crippen LogP contribution in [0.15, 0.2) is 60.0 Å². The van der Waals surface area contributed by atoms with Crippen LogP contribution in [0.5, 0.6) is 0 Å². The van der Waals surface area contributed by atoms with Gasteiger partial charge in [0, 0.05) is 38.7 Å². The molecule has 3 rings (SSSR count). The molecule has 0 spiro atoms. The van der Waals surface area contributed by atoms with E-state index in [1.165, 1.54) is 11.1 Å². The Hall–Kier alpha value is -2.42. The SMILES string of the molecule is CN=C(NCc1ccc(-n2ccnc2C)nc1)NCC(C)c1cccc(C)c1.I. The maximum Gasteiger partial charge on any atom is 0.191 e. The number of pyridine rings is 1. The van der Waals surface area contributed by atoms with Crippen LogP contribution < -0.4 is 10.6 Å². The van der Waals surface area contributed by atoms with Gasteiger partial charge in [0.2, 0.25) is 0 Å². The molecule has 1 aromatic carbocycles. The number of nitrogens with one attached hydrogen (secondary N) is 2. The van der Waals surface area contributed by atoms with Gasteiger partial charge in [0.1, 0.15) is 11.6 Å². The van der Waals surface area contributed by atoms with Gasteiger partial charge in [-0.25, -0.2) is 9.97 Å². The Kier molecular flexibility index (Phi) is 8.63. The molecule has 7 heteroatoms. The fraction of sp³-hybridized carbons (Fsp3) is 0.318. The summed E-state index contributed by atoms with van der Waals surface area (Å²) in [6.07, 6.45) is 5.57. The lowest BCUT2D eigenvalue weighted by Gasteiger charge is -2.17. The third-order valence-electron chi connectivity index (χ3n) is 4.75. The monoisotopic (exact) mass is 504 g/mol. The zero-order valence-corrected chi connectivity index (χ0v) is 19.7. The zero-order chi connectivity index (χ0) is 19.9. The normalized spacial score (nSPS) is 12.2. The van der Waals surface area contributed by atoms with E-state index in [1.807, 2.05) is 30.0 Å². The molecule has 1 unspecified atom stereocenters. The fourth-order valence-corrected chi connectivity index (χ4v) is 3.03. The highest BCUT2D eigenvalue weighted by molar-refractivity contribution is 14.0. The van der Waals surface area contributed by atoms with Gasteiger partial charge in [-0.15, -0.1) is 24.0 Å². The second-order valence-electron chi connectivity index (χ2n) is 6.99. The number of aromatic nitrogens is 3. The minimum atomic E-state index is 0. The van der Waals surface area contributed by atoms with Crippen molar-refractivity contribution in [1.82, 2.24) is 25.2 Å². The molecule has 2 heterocycles. The lowest BCUT2D eigenvalue weighted by Crippen LogP contribution is -2.38. The molecule has 6 nitrogen and oxygen atoms in total. The van der Waals surface area contributed by atoms with Crippen LogP contribution in [0, 0.1) is 13.8 Å². The van der Waals surface area contributed by atoms with Crippen LogP contribution in [0.1, 0.15) is 35.4 Å². The van der Waals surface area contributed by atoms with Gasteiger partial charge in [-0.1, -0.05) is 42.8 Å². The molecule has 1 atom stereocenters. The number of hydrogen-bond donors (Lipinski definition) is 2. The van der Waals surface area contributed by atoms with Crippen molar-refractivity contribution in [1.29, 1.82) is 0 Å². The lowest BCUT2D eigenvalue weighted by atomic mass is 9.99. The van der Waals surface area contributed by atoms with Crippen LogP contribution >= 0.6 is 24.0 Å². The first-order valence-electron chi connectivity index (χ1n) is 9.53. The van der Waals surface area contributed by atoms with Crippen molar-refractivity contribution in [3.05, 3.63) is 77.5 Å². The van der Waals surface area contributed by atoms with Crippen molar-refractivity contribution in [2.24, 2.45) is 4.99 Å². The third kappa shape index (κ3) is 6.28. The second-order valence-corrected chi connectivity index (χ2v) is 6.99. The van der Waals surface area contributed by atoms with E-state index in [0.717, 1.165) is 29.7 Å². The number of hydrogen-bond acceptors (Lipinski definition) is 3. The van der Waals surface area contributed by atoms with Crippen molar-refractivity contribution in [2.45, 2.75) is 33.2 Å². The van der Waals surface area contributed by atoms with Crippen LogP contribution in [0.25, 0.3) is 5.82 Å². The van der Waals surface area contributed by atoms with E-state index in [-0.39, 0.29) is 24.0 Å². The molecule has 3 aromatic rings. The summed E-state index contributed by atoms with van der Waals surface area (Å²) < 4.78 is 1.96. The average molecular weight is 504 g/mol. The molecular weight excluding hydrogens is 475 g/mol. The summed E-state index contributed by atoms with van der Waals surface area (Å²) in [7, 11) is 1.79. The lowest BCUT2D eigenvalue weighted by molar-refractivity contribution is 0.698. The van der Waals surface area contributed by atoms with E-state index in [0.29, 0.717) is 12.5 Å². The molecule has 0 saturated carbocycles. The van der Waals surface area contributed by atoms with Crippen molar-refractivity contribution in [2.75, 3.05) is 13.6 Å². The summed E-state index contributed by atoms with van der Waals surface area (Å²) >= 11 is 0. The van der Waals surface area contributed by atoms with E-state index < -0.39 is 0 Å². The Morgan fingerprint density at radius 1 is 1.14 bits per heavy atom. The molecule has 0 radical (unpaired) electrons. The Bertz CT molecular complexity index is 932. The topological polar surface area (TPSA) is 67.1 Å². The van der Waals surface area contributed by atoms with Gasteiger partial charge in [-0.05, 0) is 37.0 Å². The smallest absolute Gasteiger partial charge is 0.191 e. The molecule has 0 amide bonds. The van der Waals surface area contributed by atoms with Gasteiger partial charge in [0.15, 0.2) is 5.96 Å². The summed E-state index contributed by atoms with van der Waals surface area (Å²) in [5.41, 5.74) is 3.71. The predicted molar refractivity (Wildman–Crippen MR) is 129 cm³/mol. The summed E-state index contributed by atoms with van der Waals surface area (Å²) in [5.74, 6) is 2.98. The zero-order valence-electron chi connectivity index (χ0n) is 17.4. The van der Waals surface area contributed by atoms with Crippen LogP contribution in [-0.4, -0.2) is 34.1 Å². The maximum absolute atomic E-state index is 4.53. The molecule has 0 bridgehead atoms. The highest BCUT2D eigenvalue weighted by atomic mass is 127. The van der Waals surface area contributed by atoms with Crippen molar-refractivity contribution < 1.29 is 0 Å². The molecule has 2 N–H and O–H groups in total. The minimum absolute atomic E-state index is 0. The van der Waals surface area contributed by atoms with E-state index in [2.05, 4.69) is 69.8 Å². The van der Waals surface area contributed by atoms with Crippen molar-refractivity contribution >= 4 is 29.9 Å². The summed E-state index contributed by atoms with van der Waals surface area (Å²) in [5, 5.41) is 6.75. The number of aryl methyl sites for hydroxylation is 2. The number of imidazole rings is 1. The molecule has 0 aliphatic carbocycles. The molecule has 2 aromatic heterocycles. The molecule has 0 saturated heterocycles. The van der Waals surface area contributed by atoms with E-state index in [1.54, 1.807) is 13.2 Å².